The van der Waals surface area contributed by atoms with Crippen molar-refractivity contribution in [3.63, 3.8) is 0 Å². The molecule has 0 saturated heterocycles. The molecule has 0 heterocycles. The van der Waals surface area contributed by atoms with Crippen LogP contribution in [0.25, 0.3) is 0 Å². The number of rotatable bonds is 7. The first-order valence-electron chi connectivity index (χ1n) is 6.53. The van der Waals surface area contributed by atoms with Crippen LogP contribution < -0.4 is 14.8 Å². The van der Waals surface area contributed by atoms with E-state index in [-0.39, 0.29) is 0 Å². The third kappa shape index (κ3) is 4.22. The third-order valence-electron chi connectivity index (χ3n) is 3.11. The second-order valence-corrected chi connectivity index (χ2v) is 4.91. The minimum absolute atomic E-state index is 0.510. The van der Waals surface area contributed by atoms with Gasteiger partial charge >= 0.3 is 0 Å². The normalized spacial score (nSPS) is 12.6. The molecule has 0 aliphatic rings. The molecule has 0 spiro atoms. The molecule has 0 aliphatic carbocycles. The highest BCUT2D eigenvalue weighted by Gasteiger charge is 2.10. The van der Waals surface area contributed by atoms with Gasteiger partial charge in [-0.1, -0.05) is 26.8 Å². The Morgan fingerprint density at radius 1 is 1.06 bits per heavy atom. The smallest absolute Gasteiger partial charge is 0.160 e. The first-order valence-corrected chi connectivity index (χ1v) is 6.53. The average Bonchev–Trinajstić information content (AvgIpc) is 2.37. The van der Waals surface area contributed by atoms with E-state index in [1.54, 1.807) is 14.2 Å². The van der Waals surface area contributed by atoms with E-state index in [1.165, 1.54) is 5.56 Å². The van der Waals surface area contributed by atoms with Gasteiger partial charge in [0.25, 0.3) is 0 Å². The van der Waals surface area contributed by atoms with Gasteiger partial charge in [0.05, 0.1) is 14.2 Å². The molecule has 1 N–H and O–H groups in total. The summed E-state index contributed by atoms with van der Waals surface area (Å²) in [5.41, 5.74) is 1.29. The lowest BCUT2D eigenvalue weighted by molar-refractivity contribution is 0.354. The molecule has 1 aromatic carbocycles. The molecular formula is C15H25NO2. The zero-order valence-corrected chi connectivity index (χ0v) is 12.1. The molecule has 0 fully saturated rings. The molecule has 1 atom stereocenters. The van der Waals surface area contributed by atoms with E-state index in [2.05, 4.69) is 38.2 Å². The van der Waals surface area contributed by atoms with E-state index in [1.807, 2.05) is 6.07 Å². The largest absolute Gasteiger partial charge is 0.493 e. The van der Waals surface area contributed by atoms with E-state index in [0.29, 0.717) is 12.0 Å². The number of benzene rings is 1. The Bertz CT molecular complexity index is 364. The summed E-state index contributed by atoms with van der Waals surface area (Å²) in [5, 5.41) is 3.44. The van der Waals surface area contributed by atoms with Gasteiger partial charge in [0.2, 0.25) is 0 Å². The van der Waals surface area contributed by atoms with Gasteiger partial charge in [0.1, 0.15) is 0 Å². The SMILES string of the molecule is COc1ccc(C(C)CCNC(C)C)cc1OC. The quantitative estimate of drug-likeness (QED) is 0.807. The highest BCUT2D eigenvalue weighted by Crippen LogP contribution is 2.31. The fraction of sp³-hybridized carbons (Fsp3) is 0.600. The minimum Gasteiger partial charge on any atom is -0.493 e. The first kappa shape index (κ1) is 14.8. The summed E-state index contributed by atoms with van der Waals surface area (Å²) in [4.78, 5) is 0. The molecule has 1 aromatic rings. The second-order valence-electron chi connectivity index (χ2n) is 4.91. The maximum absolute atomic E-state index is 5.33. The van der Waals surface area contributed by atoms with Crippen LogP contribution in [0.2, 0.25) is 0 Å². The third-order valence-corrected chi connectivity index (χ3v) is 3.11. The van der Waals surface area contributed by atoms with Crippen LogP contribution in [0.15, 0.2) is 18.2 Å². The Hall–Kier alpha value is -1.22. The van der Waals surface area contributed by atoms with Gasteiger partial charge in [-0.3, -0.25) is 0 Å². The van der Waals surface area contributed by atoms with Gasteiger partial charge in [0.15, 0.2) is 11.5 Å². The fourth-order valence-corrected chi connectivity index (χ4v) is 1.91. The molecule has 0 aliphatic heterocycles. The maximum atomic E-state index is 5.33. The predicted molar refractivity (Wildman–Crippen MR) is 75.7 cm³/mol. The van der Waals surface area contributed by atoms with Crippen LogP contribution in [-0.4, -0.2) is 26.8 Å². The average molecular weight is 251 g/mol. The van der Waals surface area contributed by atoms with Crippen molar-refractivity contribution in [2.24, 2.45) is 0 Å². The van der Waals surface area contributed by atoms with Gasteiger partial charge in [-0.2, -0.15) is 0 Å². The van der Waals surface area contributed by atoms with E-state index in [0.717, 1.165) is 24.5 Å². The van der Waals surface area contributed by atoms with Crippen LogP contribution in [0.4, 0.5) is 0 Å². The molecule has 1 unspecified atom stereocenters. The molecule has 3 nitrogen and oxygen atoms in total. The Morgan fingerprint density at radius 3 is 2.28 bits per heavy atom. The second kappa shape index (κ2) is 7.27. The van der Waals surface area contributed by atoms with Crippen LogP contribution >= 0.6 is 0 Å². The summed E-state index contributed by atoms with van der Waals surface area (Å²) in [6.07, 6.45) is 1.12. The van der Waals surface area contributed by atoms with Gasteiger partial charge in [-0.25, -0.2) is 0 Å². The van der Waals surface area contributed by atoms with Crippen molar-refractivity contribution < 1.29 is 9.47 Å². The monoisotopic (exact) mass is 251 g/mol. The van der Waals surface area contributed by atoms with Gasteiger partial charge in [-0.05, 0) is 36.6 Å². The molecule has 0 radical (unpaired) electrons. The van der Waals surface area contributed by atoms with Crippen molar-refractivity contribution in [3.05, 3.63) is 23.8 Å². The number of ether oxygens (including phenoxy) is 2. The summed E-state index contributed by atoms with van der Waals surface area (Å²) in [6.45, 7) is 7.61. The van der Waals surface area contributed by atoms with E-state index in [4.69, 9.17) is 9.47 Å². The van der Waals surface area contributed by atoms with Crippen molar-refractivity contribution in [3.8, 4) is 11.5 Å². The van der Waals surface area contributed by atoms with Crippen LogP contribution in [0.3, 0.4) is 0 Å². The van der Waals surface area contributed by atoms with Gasteiger partial charge in [0, 0.05) is 6.04 Å². The molecule has 18 heavy (non-hydrogen) atoms. The number of methoxy groups -OCH3 is 2. The van der Waals surface area contributed by atoms with Crippen molar-refractivity contribution in [2.75, 3.05) is 20.8 Å². The number of hydrogen-bond acceptors (Lipinski definition) is 3. The summed E-state index contributed by atoms with van der Waals surface area (Å²) in [7, 11) is 3.33. The van der Waals surface area contributed by atoms with Crippen LogP contribution in [0, 0.1) is 0 Å². The zero-order valence-electron chi connectivity index (χ0n) is 12.1. The highest BCUT2D eigenvalue weighted by atomic mass is 16.5. The van der Waals surface area contributed by atoms with Crippen LogP contribution in [0.1, 0.15) is 38.7 Å². The highest BCUT2D eigenvalue weighted by molar-refractivity contribution is 5.43. The lowest BCUT2D eigenvalue weighted by Crippen LogP contribution is -2.24. The van der Waals surface area contributed by atoms with Crippen LogP contribution in [0.5, 0.6) is 11.5 Å². The Kier molecular flexibility index (Phi) is 5.99. The minimum atomic E-state index is 0.510. The molecule has 0 bridgehead atoms. The molecular weight excluding hydrogens is 226 g/mol. The topological polar surface area (TPSA) is 30.5 Å². The molecule has 1 rings (SSSR count). The lowest BCUT2D eigenvalue weighted by atomic mass is 9.97. The number of nitrogens with one attached hydrogen (secondary N) is 1. The Labute approximate surface area is 110 Å². The van der Waals surface area contributed by atoms with Crippen molar-refractivity contribution in [1.29, 1.82) is 0 Å². The van der Waals surface area contributed by atoms with Crippen LogP contribution in [-0.2, 0) is 0 Å². The summed E-state index contributed by atoms with van der Waals surface area (Å²) >= 11 is 0. The van der Waals surface area contributed by atoms with E-state index >= 15 is 0 Å². The predicted octanol–water partition coefficient (Wildman–Crippen LogP) is 3.20. The first-order chi connectivity index (χ1) is 8.58. The van der Waals surface area contributed by atoms with Crippen molar-refractivity contribution in [1.82, 2.24) is 5.32 Å². The molecule has 0 aromatic heterocycles. The van der Waals surface area contributed by atoms with Crippen molar-refractivity contribution in [2.45, 2.75) is 39.2 Å². The number of hydrogen-bond donors (Lipinski definition) is 1. The Balaban J connectivity index is 2.65. The zero-order chi connectivity index (χ0) is 13.5. The standard InChI is InChI=1S/C15H25NO2/c1-11(2)16-9-8-12(3)13-6-7-14(17-4)15(10-13)18-5/h6-7,10-12,16H,8-9H2,1-5H3. The van der Waals surface area contributed by atoms with E-state index in [9.17, 15) is 0 Å². The Morgan fingerprint density at radius 2 is 1.72 bits per heavy atom. The summed E-state index contributed by atoms with van der Waals surface area (Å²) in [6, 6.07) is 6.70. The molecule has 0 amide bonds. The lowest BCUT2D eigenvalue weighted by Gasteiger charge is -2.16. The molecule has 3 heteroatoms. The maximum Gasteiger partial charge on any atom is 0.160 e. The fourth-order valence-electron chi connectivity index (χ4n) is 1.91. The summed E-state index contributed by atoms with van der Waals surface area (Å²) in [5.74, 6) is 2.10. The van der Waals surface area contributed by atoms with E-state index < -0.39 is 0 Å². The van der Waals surface area contributed by atoms with Gasteiger partial charge in [-0.15, -0.1) is 0 Å². The van der Waals surface area contributed by atoms with Crippen molar-refractivity contribution >= 4 is 0 Å². The summed E-state index contributed by atoms with van der Waals surface area (Å²) < 4.78 is 10.6. The van der Waals surface area contributed by atoms with Gasteiger partial charge < -0.3 is 14.8 Å². The molecule has 102 valence electrons. The molecule has 0 saturated carbocycles.